The summed E-state index contributed by atoms with van der Waals surface area (Å²) in [7, 11) is 0. The van der Waals surface area contributed by atoms with Crippen LogP contribution in [0, 0.1) is 6.92 Å². The standard InChI is InChI=1S/C16H25NO/c1-12(2)18-16-9-8-14(10-13(16)3)11-17-15-6-4-5-7-15/h8-10,12,15,17H,4-7,11H2,1-3H3. The Morgan fingerprint density at radius 1 is 1.28 bits per heavy atom. The summed E-state index contributed by atoms with van der Waals surface area (Å²) >= 11 is 0. The lowest BCUT2D eigenvalue weighted by atomic mass is 10.1. The maximum absolute atomic E-state index is 5.76. The molecule has 1 aliphatic carbocycles. The summed E-state index contributed by atoms with van der Waals surface area (Å²) in [6.07, 6.45) is 5.70. The highest BCUT2D eigenvalue weighted by atomic mass is 16.5. The van der Waals surface area contributed by atoms with E-state index < -0.39 is 0 Å². The predicted molar refractivity (Wildman–Crippen MR) is 76.0 cm³/mol. The number of hydrogen-bond donors (Lipinski definition) is 1. The van der Waals surface area contributed by atoms with Gasteiger partial charge >= 0.3 is 0 Å². The smallest absolute Gasteiger partial charge is 0.122 e. The van der Waals surface area contributed by atoms with Crippen molar-refractivity contribution in [1.82, 2.24) is 5.32 Å². The van der Waals surface area contributed by atoms with Crippen LogP contribution < -0.4 is 10.1 Å². The van der Waals surface area contributed by atoms with Gasteiger partial charge < -0.3 is 10.1 Å². The molecule has 0 bridgehead atoms. The van der Waals surface area contributed by atoms with Gasteiger partial charge in [0.05, 0.1) is 6.10 Å². The molecule has 2 heteroatoms. The molecule has 2 rings (SSSR count). The first-order valence-corrected chi connectivity index (χ1v) is 7.14. The van der Waals surface area contributed by atoms with E-state index in [0.29, 0.717) is 0 Å². The Hall–Kier alpha value is -1.02. The zero-order valence-corrected chi connectivity index (χ0v) is 11.8. The second-order valence-corrected chi connectivity index (χ2v) is 5.63. The summed E-state index contributed by atoms with van der Waals surface area (Å²) in [4.78, 5) is 0. The minimum absolute atomic E-state index is 0.242. The van der Waals surface area contributed by atoms with E-state index in [1.54, 1.807) is 0 Å². The lowest BCUT2D eigenvalue weighted by molar-refractivity contribution is 0.240. The normalized spacial score (nSPS) is 16.4. The molecule has 1 N–H and O–H groups in total. The largest absolute Gasteiger partial charge is 0.491 e. The molecule has 1 fully saturated rings. The first kappa shape index (κ1) is 13.4. The van der Waals surface area contributed by atoms with E-state index in [1.807, 2.05) is 0 Å². The van der Waals surface area contributed by atoms with Gasteiger partial charge in [-0.15, -0.1) is 0 Å². The van der Waals surface area contributed by atoms with Gasteiger partial charge in [0.25, 0.3) is 0 Å². The summed E-state index contributed by atoms with van der Waals surface area (Å²) in [6.45, 7) is 7.23. The van der Waals surface area contributed by atoms with Gasteiger partial charge in [-0.1, -0.05) is 25.0 Å². The number of aryl methyl sites for hydroxylation is 1. The molecular formula is C16H25NO. The summed E-state index contributed by atoms with van der Waals surface area (Å²) in [5.41, 5.74) is 2.59. The van der Waals surface area contributed by atoms with Crippen molar-refractivity contribution in [2.45, 2.75) is 65.1 Å². The Morgan fingerprint density at radius 3 is 2.61 bits per heavy atom. The number of benzene rings is 1. The molecule has 0 radical (unpaired) electrons. The van der Waals surface area contributed by atoms with Gasteiger partial charge in [0.1, 0.15) is 5.75 Å². The summed E-state index contributed by atoms with van der Waals surface area (Å²) in [6, 6.07) is 7.24. The fourth-order valence-electron chi connectivity index (χ4n) is 2.60. The quantitative estimate of drug-likeness (QED) is 0.854. The van der Waals surface area contributed by atoms with E-state index in [2.05, 4.69) is 44.3 Å². The fourth-order valence-corrected chi connectivity index (χ4v) is 2.60. The molecule has 1 saturated carbocycles. The molecule has 0 atom stereocenters. The molecule has 1 aromatic rings. The lowest BCUT2D eigenvalue weighted by Crippen LogP contribution is -2.25. The van der Waals surface area contributed by atoms with Gasteiger partial charge in [-0.05, 0) is 50.8 Å². The van der Waals surface area contributed by atoms with Crippen molar-refractivity contribution in [2.75, 3.05) is 0 Å². The molecule has 1 aromatic carbocycles. The van der Waals surface area contributed by atoms with Crippen LogP contribution in [0.25, 0.3) is 0 Å². The van der Waals surface area contributed by atoms with Crippen LogP contribution in [0.3, 0.4) is 0 Å². The first-order chi connectivity index (χ1) is 8.65. The lowest BCUT2D eigenvalue weighted by Gasteiger charge is -2.15. The van der Waals surface area contributed by atoms with Crippen molar-refractivity contribution in [3.8, 4) is 5.75 Å². The Balaban J connectivity index is 1.91. The van der Waals surface area contributed by atoms with Crippen molar-refractivity contribution >= 4 is 0 Å². The molecule has 1 aliphatic rings. The molecule has 100 valence electrons. The van der Waals surface area contributed by atoms with Crippen molar-refractivity contribution < 1.29 is 4.74 Å². The van der Waals surface area contributed by atoms with Gasteiger partial charge in [-0.25, -0.2) is 0 Å². The van der Waals surface area contributed by atoms with E-state index in [-0.39, 0.29) is 6.10 Å². The van der Waals surface area contributed by atoms with E-state index in [0.717, 1.165) is 18.3 Å². The SMILES string of the molecule is Cc1cc(CNC2CCCC2)ccc1OC(C)C. The second-order valence-electron chi connectivity index (χ2n) is 5.63. The van der Waals surface area contributed by atoms with E-state index in [1.165, 1.54) is 36.8 Å². The van der Waals surface area contributed by atoms with Crippen LogP contribution in [0.15, 0.2) is 18.2 Å². The predicted octanol–water partition coefficient (Wildman–Crippen LogP) is 3.81. The summed E-state index contributed by atoms with van der Waals surface area (Å²) in [5, 5.41) is 3.64. The molecule has 0 spiro atoms. The zero-order chi connectivity index (χ0) is 13.0. The van der Waals surface area contributed by atoms with Crippen LogP contribution in [0.2, 0.25) is 0 Å². The molecule has 0 aliphatic heterocycles. The molecule has 0 amide bonds. The highest BCUT2D eigenvalue weighted by Gasteiger charge is 2.13. The monoisotopic (exact) mass is 247 g/mol. The Kier molecular flexibility index (Phi) is 4.65. The fraction of sp³-hybridized carbons (Fsp3) is 0.625. The van der Waals surface area contributed by atoms with Crippen molar-refractivity contribution in [3.05, 3.63) is 29.3 Å². The van der Waals surface area contributed by atoms with Crippen molar-refractivity contribution in [1.29, 1.82) is 0 Å². The van der Waals surface area contributed by atoms with E-state index in [4.69, 9.17) is 4.74 Å². The third-order valence-electron chi connectivity index (χ3n) is 3.55. The summed E-state index contributed by atoms with van der Waals surface area (Å²) in [5.74, 6) is 1.01. The highest BCUT2D eigenvalue weighted by Crippen LogP contribution is 2.22. The van der Waals surface area contributed by atoms with Gasteiger partial charge in [0.15, 0.2) is 0 Å². The zero-order valence-electron chi connectivity index (χ0n) is 11.8. The maximum atomic E-state index is 5.76. The van der Waals surface area contributed by atoms with Crippen LogP contribution in [-0.2, 0) is 6.54 Å². The number of rotatable bonds is 5. The summed E-state index contributed by atoms with van der Waals surface area (Å²) < 4.78 is 5.76. The van der Waals surface area contributed by atoms with Gasteiger partial charge in [-0.2, -0.15) is 0 Å². The number of hydrogen-bond acceptors (Lipinski definition) is 2. The van der Waals surface area contributed by atoms with Gasteiger partial charge in [-0.3, -0.25) is 0 Å². The van der Waals surface area contributed by atoms with E-state index in [9.17, 15) is 0 Å². The number of ether oxygens (including phenoxy) is 1. The minimum Gasteiger partial charge on any atom is -0.491 e. The topological polar surface area (TPSA) is 21.3 Å². The molecule has 0 saturated heterocycles. The van der Waals surface area contributed by atoms with Crippen LogP contribution in [-0.4, -0.2) is 12.1 Å². The molecule has 0 heterocycles. The van der Waals surface area contributed by atoms with E-state index >= 15 is 0 Å². The van der Waals surface area contributed by atoms with Crippen LogP contribution in [0.1, 0.15) is 50.7 Å². The molecule has 18 heavy (non-hydrogen) atoms. The molecular weight excluding hydrogens is 222 g/mol. The van der Waals surface area contributed by atoms with Crippen molar-refractivity contribution in [2.24, 2.45) is 0 Å². The number of nitrogens with one attached hydrogen (secondary N) is 1. The van der Waals surface area contributed by atoms with Crippen LogP contribution >= 0.6 is 0 Å². The minimum atomic E-state index is 0.242. The maximum Gasteiger partial charge on any atom is 0.122 e. The molecule has 2 nitrogen and oxygen atoms in total. The Labute approximate surface area is 111 Å². The van der Waals surface area contributed by atoms with Crippen molar-refractivity contribution in [3.63, 3.8) is 0 Å². The van der Waals surface area contributed by atoms with Crippen LogP contribution in [0.4, 0.5) is 0 Å². The second kappa shape index (κ2) is 6.24. The highest BCUT2D eigenvalue weighted by molar-refractivity contribution is 5.36. The molecule has 0 unspecified atom stereocenters. The van der Waals surface area contributed by atoms with Gasteiger partial charge in [0, 0.05) is 12.6 Å². The molecule has 0 aromatic heterocycles. The average Bonchev–Trinajstić information content (AvgIpc) is 2.82. The Morgan fingerprint density at radius 2 is 2.00 bits per heavy atom. The average molecular weight is 247 g/mol. The third-order valence-corrected chi connectivity index (χ3v) is 3.55. The van der Waals surface area contributed by atoms with Crippen LogP contribution in [0.5, 0.6) is 5.75 Å². The van der Waals surface area contributed by atoms with Gasteiger partial charge in [0.2, 0.25) is 0 Å². The first-order valence-electron chi connectivity index (χ1n) is 7.14. The Bertz CT molecular complexity index is 381. The third kappa shape index (κ3) is 3.74.